The topological polar surface area (TPSA) is 43.8 Å². The van der Waals surface area contributed by atoms with Crippen LogP contribution < -0.4 is 0 Å². The number of carbonyl (C=O) groups excluding carboxylic acids is 1. The van der Waals surface area contributed by atoms with Crippen molar-refractivity contribution in [3.8, 4) is 0 Å². The Morgan fingerprint density at radius 2 is 2.00 bits per heavy atom. The van der Waals surface area contributed by atoms with Crippen LogP contribution in [0.1, 0.15) is 19.8 Å². The number of carbonyl (C=O) groups is 1. The number of allylic oxidation sites excluding steroid dienone is 2. The number of aliphatic hydroxyl groups excluding tert-OH is 1. The van der Waals surface area contributed by atoms with E-state index < -0.39 is 6.10 Å². The van der Waals surface area contributed by atoms with Gasteiger partial charge in [-0.05, 0) is 56.6 Å². The maximum atomic E-state index is 12.5. The maximum Gasteiger partial charge on any atom is 0.252 e. The van der Waals surface area contributed by atoms with E-state index in [-0.39, 0.29) is 17.6 Å². The van der Waals surface area contributed by atoms with Gasteiger partial charge in [0.1, 0.15) is 11.9 Å². The van der Waals surface area contributed by atoms with Crippen LogP contribution in [-0.4, -0.2) is 60.1 Å². The van der Waals surface area contributed by atoms with E-state index >= 15 is 0 Å². The highest BCUT2D eigenvalue weighted by atomic mass is 19.1. The molecule has 4 nitrogen and oxygen atoms in total. The molecule has 0 bridgehead atoms. The van der Waals surface area contributed by atoms with Crippen LogP contribution in [0.2, 0.25) is 0 Å². The molecule has 2 aliphatic rings. The quantitative estimate of drug-likeness (QED) is 0.862. The molecule has 2 unspecified atom stereocenters. The predicted octanol–water partition coefficient (Wildman–Crippen LogP) is 3.42. The zero-order chi connectivity index (χ0) is 20.5. The summed E-state index contributed by atoms with van der Waals surface area (Å²) in [5.74, 6) is -0.243. The number of aliphatic hydroxyl groups is 1. The summed E-state index contributed by atoms with van der Waals surface area (Å²) in [5.41, 5.74) is 2.33. The first-order chi connectivity index (χ1) is 13.5. The molecule has 1 fully saturated rings. The van der Waals surface area contributed by atoms with E-state index in [2.05, 4.69) is 17.6 Å². The minimum absolute atomic E-state index is 0.0654. The van der Waals surface area contributed by atoms with Crippen LogP contribution in [0.5, 0.6) is 0 Å². The van der Waals surface area contributed by atoms with Crippen molar-refractivity contribution in [3.05, 3.63) is 72.1 Å². The first-order valence-corrected chi connectivity index (χ1v) is 9.79. The molecule has 28 heavy (non-hydrogen) atoms. The number of nitrogens with zero attached hydrogens (tertiary/aromatic N) is 2. The van der Waals surface area contributed by atoms with Crippen LogP contribution in [0.15, 0.2) is 66.3 Å². The van der Waals surface area contributed by atoms with Gasteiger partial charge in [0.25, 0.3) is 5.91 Å². The fraction of sp³-hybridized carbons (Fsp3) is 0.435. The van der Waals surface area contributed by atoms with Crippen LogP contribution in [0.25, 0.3) is 0 Å². The average Bonchev–Trinajstić information content (AvgIpc) is 3.15. The number of halogens is 1. The van der Waals surface area contributed by atoms with Crippen molar-refractivity contribution in [3.63, 3.8) is 0 Å². The van der Waals surface area contributed by atoms with Crippen molar-refractivity contribution >= 4 is 5.91 Å². The van der Waals surface area contributed by atoms with Crippen molar-refractivity contribution in [1.29, 1.82) is 0 Å². The predicted molar refractivity (Wildman–Crippen MR) is 111 cm³/mol. The average molecular weight is 387 g/mol. The number of hydrogen-bond acceptors (Lipinski definition) is 3. The molecule has 0 aromatic heterocycles. The molecular formula is C23H31FN2O2. The third kappa shape index (κ3) is 6.14. The maximum absolute atomic E-state index is 12.5. The molecule has 0 aliphatic carbocycles. The Morgan fingerprint density at radius 1 is 1.29 bits per heavy atom. The van der Waals surface area contributed by atoms with E-state index in [0.717, 1.165) is 31.5 Å². The Hall–Kier alpha value is -2.24. The van der Waals surface area contributed by atoms with Gasteiger partial charge < -0.3 is 14.9 Å². The molecule has 1 N–H and O–H groups in total. The number of rotatable bonds is 4. The van der Waals surface area contributed by atoms with Gasteiger partial charge in [-0.1, -0.05) is 43.0 Å². The van der Waals surface area contributed by atoms with Gasteiger partial charge in [0.15, 0.2) is 0 Å². The Kier molecular flexibility index (Phi) is 8.61. The third-order valence-electron chi connectivity index (χ3n) is 5.21. The minimum atomic E-state index is -0.871. The SMILES string of the molecule is C=CC1=C(/C=C\C)CCN(C(=O)C(O)C2CCN(C)C2)C1.Fc1ccccc1. The van der Waals surface area contributed by atoms with Crippen molar-refractivity contribution < 1.29 is 14.3 Å². The zero-order valence-electron chi connectivity index (χ0n) is 16.9. The summed E-state index contributed by atoms with van der Waals surface area (Å²) in [4.78, 5) is 16.4. The van der Waals surface area contributed by atoms with E-state index in [9.17, 15) is 14.3 Å². The highest BCUT2D eigenvalue weighted by molar-refractivity contribution is 5.81. The van der Waals surface area contributed by atoms with Crippen molar-refractivity contribution in [2.75, 3.05) is 33.2 Å². The Morgan fingerprint density at radius 3 is 2.50 bits per heavy atom. The molecule has 0 saturated carbocycles. The molecule has 2 aliphatic heterocycles. The highest BCUT2D eigenvalue weighted by Crippen LogP contribution is 2.24. The summed E-state index contributed by atoms with van der Waals surface area (Å²) in [5, 5.41) is 10.3. The fourth-order valence-corrected chi connectivity index (χ4v) is 3.61. The number of benzene rings is 1. The second kappa shape index (κ2) is 10.9. The van der Waals surface area contributed by atoms with Gasteiger partial charge in [0, 0.05) is 25.6 Å². The second-order valence-electron chi connectivity index (χ2n) is 7.32. The molecule has 2 heterocycles. The number of amides is 1. The fourth-order valence-electron chi connectivity index (χ4n) is 3.61. The molecular weight excluding hydrogens is 355 g/mol. The minimum Gasteiger partial charge on any atom is -0.383 e. The monoisotopic (exact) mass is 386 g/mol. The van der Waals surface area contributed by atoms with Crippen molar-refractivity contribution in [1.82, 2.24) is 9.80 Å². The van der Waals surface area contributed by atoms with Crippen LogP contribution in [0, 0.1) is 11.7 Å². The summed E-state index contributed by atoms with van der Waals surface area (Å²) >= 11 is 0. The standard InChI is InChI=1S/C17H26N2O2.C6H5F/c1-4-6-14-8-10-19(12-13(14)5-2)17(21)16(20)15-7-9-18(3)11-15;7-6-4-2-1-3-5-6/h4-6,15-16,20H,2,7-12H2,1,3H3;1-5H/b6-4-;. The smallest absolute Gasteiger partial charge is 0.252 e. The van der Waals surface area contributed by atoms with Crippen LogP contribution in [0.3, 0.4) is 0 Å². The molecule has 0 radical (unpaired) electrons. The summed E-state index contributed by atoms with van der Waals surface area (Å²) in [6.07, 6.45) is 6.77. The second-order valence-corrected chi connectivity index (χ2v) is 7.32. The Labute approximate surface area is 167 Å². The van der Waals surface area contributed by atoms with Crippen LogP contribution >= 0.6 is 0 Å². The lowest BCUT2D eigenvalue weighted by Gasteiger charge is -2.32. The molecule has 3 rings (SSSR count). The molecule has 1 aromatic carbocycles. The molecule has 1 amide bonds. The first-order valence-electron chi connectivity index (χ1n) is 9.79. The number of likely N-dealkylation sites (tertiary alicyclic amines) is 1. The van der Waals surface area contributed by atoms with E-state index in [4.69, 9.17) is 0 Å². The van der Waals surface area contributed by atoms with Gasteiger partial charge in [-0.25, -0.2) is 4.39 Å². The van der Waals surface area contributed by atoms with E-state index in [1.807, 2.05) is 26.1 Å². The van der Waals surface area contributed by atoms with Crippen molar-refractivity contribution in [2.24, 2.45) is 5.92 Å². The normalized spacial score (nSPS) is 21.4. The lowest BCUT2D eigenvalue weighted by atomic mass is 9.96. The van der Waals surface area contributed by atoms with Gasteiger partial charge in [-0.2, -0.15) is 0 Å². The Bertz CT molecular complexity index is 715. The van der Waals surface area contributed by atoms with Crippen LogP contribution in [0.4, 0.5) is 4.39 Å². The molecule has 5 heteroatoms. The van der Waals surface area contributed by atoms with Crippen molar-refractivity contribution in [2.45, 2.75) is 25.9 Å². The highest BCUT2D eigenvalue weighted by Gasteiger charge is 2.34. The van der Waals surface area contributed by atoms with Gasteiger partial charge >= 0.3 is 0 Å². The summed E-state index contributed by atoms with van der Waals surface area (Å²) in [6, 6.07) is 7.94. The lowest BCUT2D eigenvalue weighted by Crippen LogP contribution is -2.46. The van der Waals surface area contributed by atoms with E-state index in [1.165, 1.54) is 17.7 Å². The van der Waals surface area contributed by atoms with E-state index in [0.29, 0.717) is 13.1 Å². The largest absolute Gasteiger partial charge is 0.383 e. The van der Waals surface area contributed by atoms with E-state index in [1.54, 1.807) is 23.1 Å². The molecule has 2 atom stereocenters. The summed E-state index contributed by atoms with van der Waals surface area (Å²) < 4.78 is 11.9. The third-order valence-corrected chi connectivity index (χ3v) is 5.21. The Balaban J connectivity index is 0.000000336. The van der Waals surface area contributed by atoms with Gasteiger partial charge in [-0.15, -0.1) is 0 Å². The summed E-state index contributed by atoms with van der Waals surface area (Å²) in [7, 11) is 2.03. The van der Waals surface area contributed by atoms with Crippen LogP contribution in [-0.2, 0) is 4.79 Å². The first kappa shape index (κ1) is 22.1. The van der Waals surface area contributed by atoms with Gasteiger partial charge in [0.05, 0.1) is 0 Å². The molecule has 1 saturated heterocycles. The molecule has 1 aromatic rings. The zero-order valence-corrected chi connectivity index (χ0v) is 16.9. The molecule has 0 spiro atoms. The van der Waals surface area contributed by atoms with Gasteiger partial charge in [-0.3, -0.25) is 4.79 Å². The summed E-state index contributed by atoms with van der Waals surface area (Å²) in [6.45, 7) is 8.83. The van der Waals surface area contributed by atoms with Gasteiger partial charge in [0.2, 0.25) is 0 Å². The lowest BCUT2D eigenvalue weighted by molar-refractivity contribution is -0.142. The molecule has 152 valence electrons. The number of hydrogen-bond donors (Lipinski definition) is 1.